The molecular formula is C18H21Cl2N3O5. The fourth-order valence-electron chi connectivity index (χ4n) is 2.61. The van der Waals surface area contributed by atoms with Crippen LogP contribution in [-0.2, 0) is 16.0 Å². The van der Waals surface area contributed by atoms with Gasteiger partial charge in [0, 0.05) is 43.0 Å². The average Bonchev–Trinajstić information content (AvgIpc) is 2.98. The first kappa shape index (κ1) is 21.7. The van der Waals surface area contributed by atoms with Crippen LogP contribution in [0.5, 0.6) is 17.5 Å². The molecule has 0 fully saturated rings. The Bertz CT molecular complexity index is 776. The highest BCUT2D eigenvalue weighted by molar-refractivity contribution is 6.18. The van der Waals surface area contributed by atoms with Crippen LogP contribution in [0.25, 0.3) is 0 Å². The van der Waals surface area contributed by atoms with Gasteiger partial charge < -0.3 is 25.2 Å². The number of nitrogens with zero attached hydrogens (tertiary/aromatic N) is 1. The van der Waals surface area contributed by atoms with E-state index in [1.165, 1.54) is 0 Å². The fraction of sp³-hybridized carbons (Fsp3) is 0.333. The van der Waals surface area contributed by atoms with Gasteiger partial charge in [-0.05, 0) is 17.7 Å². The van der Waals surface area contributed by atoms with Crippen LogP contribution in [0.4, 0.5) is 5.69 Å². The van der Waals surface area contributed by atoms with Crippen molar-refractivity contribution in [3.8, 4) is 17.5 Å². The summed E-state index contributed by atoms with van der Waals surface area (Å²) in [5.41, 5.74) is 1.73. The molecule has 1 heterocycles. The van der Waals surface area contributed by atoms with Crippen LogP contribution in [0.15, 0.2) is 30.3 Å². The first-order valence-electron chi connectivity index (χ1n) is 8.46. The summed E-state index contributed by atoms with van der Waals surface area (Å²) in [5, 5.41) is 21.2. The van der Waals surface area contributed by atoms with Crippen LogP contribution >= 0.6 is 23.2 Å². The van der Waals surface area contributed by atoms with Crippen molar-refractivity contribution in [3.05, 3.63) is 35.9 Å². The van der Waals surface area contributed by atoms with Crippen molar-refractivity contribution in [1.29, 1.82) is 0 Å². The molecule has 2 aromatic rings. The zero-order valence-corrected chi connectivity index (χ0v) is 16.4. The Morgan fingerprint density at radius 2 is 1.86 bits per heavy atom. The number of nitrogens with one attached hydrogen (secondary N) is 2. The molecule has 152 valence electrons. The van der Waals surface area contributed by atoms with Crippen molar-refractivity contribution in [3.63, 3.8) is 0 Å². The number of carbonyl (C=O) groups excluding carboxylic acids is 2. The predicted octanol–water partition coefficient (Wildman–Crippen LogP) is 1.97. The van der Waals surface area contributed by atoms with E-state index in [0.717, 1.165) is 17.3 Å². The van der Waals surface area contributed by atoms with Gasteiger partial charge in [-0.15, -0.1) is 23.2 Å². The Kier molecular flexibility index (Phi) is 8.28. The molecule has 0 bridgehead atoms. The number of hydrogen-bond acceptors (Lipinski definition) is 6. The number of amides is 1. The summed E-state index contributed by atoms with van der Waals surface area (Å²) in [6, 6.07) is 7.51. The minimum absolute atomic E-state index is 0.181. The summed E-state index contributed by atoms with van der Waals surface area (Å²) in [5.74, 6) is -0.910. The van der Waals surface area contributed by atoms with E-state index in [1.54, 1.807) is 0 Å². The molecule has 2 rings (SSSR count). The number of rotatable bonds is 11. The van der Waals surface area contributed by atoms with Crippen molar-refractivity contribution >= 4 is 41.3 Å². The van der Waals surface area contributed by atoms with E-state index < -0.39 is 17.9 Å². The molecular weight excluding hydrogens is 409 g/mol. The molecule has 1 aromatic carbocycles. The second kappa shape index (κ2) is 10.7. The maximum absolute atomic E-state index is 12.3. The monoisotopic (exact) mass is 429 g/mol. The van der Waals surface area contributed by atoms with Gasteiger partial charge in [0.05, 0.1) is 0 Å². The smallest absolute Gasteiger partial charge is 0.334 e. The van der Waals surface area contributed by atoms with Gasteiger partial charge in [-0.3, -0.25) is 9.78 Å². The molecule has 0 aliphatic heterocycles. The fourth-order valence-corrected chi connectivity index (χ4v) is 3.02. The van der Waals surface area contributed by atoms with Gasteiger partial charge in [0.2, 0.25) is 12.3 Å². The molecule has 28 heavy (non-hydrogen) atoms. The third-order valence-corrected chi connectivity index (χ3v) is 4.30. The molecule has 0 aliphatic rings. The van der Waals surface area contributed by atoms with Crippen LogP contribution in [0.2, 0.25) is 0 Å². The van der Waals surface area contributed by atoms with Gasteiger partial charge in [0.15, 0.2) is 11.6 Å². The van der Waals surface area contributed by atoms with E-state index in [0.29, 0.717) is 31.3 Å². The SMILES string of the molecule is O=CN[C@@H](Cc1ccc(N(CCCl)CCCl)cc1)C(=O)Oc1cc(O)[nH]c1O. The lowest BCUT2D eigenvalue weighted by atomic mass is 10.1. The summed E-state index contributed by atoms with van der Waals surface area (Å²) in [7, 11) is 0. The van der Waals surface area contributed by atoms with E-state index in [4.69, 9.17) is 27.9 Å². The van der Waals surface area contributed by atoms with E-state index >= 15 is 0 Å². The first-order chi connectivity index (χ1) is 13.5. The molecule has 0 unspecified atom stereocenters. The number of anilines is 1. The lowest BCUT2D eigenvalue weighted by molar-refractivity contribution is -0.138. The minimum atomic E-state index is -0.971. The second-order valence-electron chi connectivity index (χ2n) is 5.86. The third kappa shape index (κ3) is 5.97. The summed E-state index contributed by atoms with van der Waals surface area (Å²) in [6.07, 6.45) is 0.581. The lowest BCUT2D eigenvalue weighted by Crippen LogP contribution is -2.40. The highest BCUT2D eigenvalue weighted by Gasteiger charge is 2.23. The first-order valence-corrected chi connectivity index (χ1v) is 9.53. The number of esters is 1. The van der Waals surface area contributed by atoms with Crippen molar-refractivity contribution in [2.75, 3.05) is 29.7 Å². The highest BCUT2D eigenvalue weighted by atomic mass is 35.5. The quantitative estimate of drug-likeness (QED) is 0.246. The minimum Gasteiger partial charge on any atom is -0.494 e. The van der Waals surface area contributed by atoms with Crippen molar-refractivity contribution in [2.45, 2.75) is 12.5 Å². The molecule has 0 aliphatic carbocycles. The van der Waals surface area contributed by atoms with Gasteiger partial charge in [0.1, 0.15) is 6.04 Å². The summed E-state index contributed by atoms with van der Waals surface area (Å²) >= 11 is 11.6. The highest BCUT2D eigenvalue weighted by Crippen LogP contribution is 2.29. The molecule has 0 spiro atoms. The molecule has 4 N–H and O–H groups in total. The molecule has 8 nitrogen and oxygen atoms in total. The number of carbonyl (C=O) groups is 2. The number of aromatic amines is 1. The Labute approximate surface area is 172 Å². The van der Waals surface area contributed by atoms with Crippen molar-refractivity contribution in [1.82, 2.24) is 10.3 Å². The van der Waals surface area contributed by atoms with E-state index in [-0.39, 0.29) is 18.1 Å². The number of H-pyrrole nitrogens is 1. The molecule has 0 radical (unpaired) electrons. The summed E-state index contributed by atoms with van der Waals surface area (Å²) in [6.45, 7) is 1.31. The average molecular weight is 430 g/mol. The molecule has 1 aromatic heterocycles. The lowest BCUT2D eigenvalue weighted by Gasteiger charge is -2.23. The molecule has 1 atom stereocenters. The predicted molar refractivity (Wildman–Crippen MR) is 107 cm³/mol. The molecule has 10 heteroatoms. The van der Waals surface area contributed by atoms with Gasteiger partial charge in [-0.25, -0.2) is 4.79 Å². The van der Waals surface area contributed by atoms with Crippen LogP contribution in [0.1, 0.15) is 5.56 Å². The van der Waals surface area contributed by atoms with Crippen LogP contribution in [0.3, 0.4) is 0 Å². The van der Waals surface area contributed by atoms with Crippen molar-refractivity contribution in [2.24, 2.45) is 0 Å². The number of ether oxygens (including phenoxy) is 1. The maximum Gasteiger partial charge on any atom is 0.334 e. The van der Waals surface area contributed by atoms with Gasteiger partial charge >= 0.3 is 5.97 Å². The number of benzene rings is 1. The number of aromatic hydroxyl groups is 2. The molecule has 0 saturated carbocycles. The van der Waals surface area contributed by atoms with Gasteiger partial charge in [-0.2, -0.15) is 0 Å². The maximum atomic E-state index is 12.3. The number of halogens is 2. The normalized spacial score (nSPS) is 11.6. The zero-order chi connectivity index (χ0) is 20.5. The van der Waals surface area contributed by atoms with E-state index in [2.05, 4.69) is 10.3 Å². The second-order valence-corrected chi connectivity index (χ2v) is 6.62. The van der Waals surface area contributed by atoms with E-state index in [9.17, 15) is 19.8 Å². The molecule has 1 amide bonds. The van der Waals surface area contributed by atoms with Gasteiger partial charge in [-0.1, -0.05) is 12.1 Å². The van der Waals surface area contributed by atoms with Crippen molar-refractivity contribution < 1.29 is 24.5 Å². The largest absolute Gasteiger partial charge is 0.494 e. The Morgan fingerprint density at radius 3 is 2.36 bits per heavy atom. The third-order valence-electron chi connectivity index (χ3n) is 3.96. The number of hydrogen-bond donors (Lipinski definition) is 4. The zero-order valence-electron chi connectivity index (χ0n) is 14.9. The summed E-state index contributed by atoms with van der Waals surface area (Å²) < 4.78 is 5.04. The number of aromatic nitrogens is 1. The number of alkyl halides is 2. The van der Waals surface area contributed by atoms with Gasteiger partial charge in [0.25, 0.3) is 0 Å². The standard InChI is InChI=1S/C18H21Cl2N3O5/c19-5-7-23(8-6-20)13-3-1-12(2-4-13)9-14(21-11-24)18(27)28-15-10-16(25)22-17(15)26/h1-4,10-11,14,22,25-26H,5-9H2,(H,21,24)/t14-/m0/s1. The van der Waals surface area contributed by atoms with Crippen LogP contribution in [0, 0.1) is 0 Å². The Hall–Kier alpha value is -2.58. The van der Waals surface area contributed by atoms with Crippen LogP contribution in [-0.4, -0.2) is 58.5 Å². The molecule has 0 saturated heterocycles. The van der Waals surface area contributed by atoms with Crippen LogP contribution < -0.4 is 15.0 Å². The Morgan fingerprint density at radius 1 is 1.21 bits per heavy atom. The Balaban J connectivity index is 2.07. The topological polar surface area (TPSA) is 115 Å². The summed E-state index contributed by atoms with van der Waals surface area (Å²) in [4.78, 5) is 27.4. The van der Waals surface area contributed by atoms with E-state index in [1.807, 2.05) is 29.2 Å².